The fraction of sp³-hybridized carbons (Fsp3) is 0.308. The molecule has 20 heavy (non-hydrogen) atoms. The Morgan fingerprint density at radius 2 is 2.30 bits per heavy atom. The Balaban J connectivity index is 2.44. The first kappa shape index (κ1) is 14.2. The molecule has 0 fully saturated rings. The first-order valence-corrected chi connectivity index (χ1v) is 6.05. The summed E-state index contributed by atoms with van der Waals surface area (Å²) in [5.74, 6) is 0. The third-order valence-electron chi connectivity index (χ3n) is 2.89. The summed E-state index contributed by atoms with van der Waals surface area (Å²) in [7, 11) is 1.54. The summed E-state index contributed by atoms with van der Waals surface area (Å²) in [5, 5.41) is 24.0. The van der Waals surface area contributed by atoms with Crippen LogP contribution in [-0.2, 0) is 4.74 Å². The van der Waals surface area contributed by atoms with Gasteiger partial charge in [0.1, 0.15) is 5.52 Å². The standard InChI is InChI=1S/C13H15N3O4/c1-20-8-9(7-17)15-11-5-6-14-13-10(11)3-2-4-12(13)16(18)19/h2-6,9,17H,7-8H2,1H3,(H,14,15). The summed E-state index contributed by atoms with van der Waals surface area (Å²) >= 11 is 0. The number of para-hydroxylation sites is 1. The Hall–Kier alpha value is -2.25. The van der Waals surface area contributed by atoms with Crippen molar-refractivity contribution in [2.24, 2.45) is 0 Å². The van der Waals surface area contributed by atoms with Crippen molar-refractivity contribution < 1.29 is 14.8 Å². The lowest BCUT2D eigenvalue weighted by Crippen LogP contribution is -2.28. The van der Waals surface area contributed by atoms with Gasteiger partial charge in [-0.2, -0.15) is 0 Å². The average molecular weight is 277 g/mol. The predicted octanol–water partition coefficient (Wildman–Crippen LogP) is 1.56. The number of pyridine rings is 1. The van der Waals surface area contributed by atoms with Crippen LogP contribution in [0.15, 0.2) is 30.5 Å². The van der Waals surface area contributed by atoms with Crippen molar-refractivity contribution in [3.63, 3.8) is 0 Å². The van der Waals surface area contributed by atoms with Crippen molar-refractivity contribution in [2.75, 3.05) is 25.6 Å². The van der Waals surface area contributed by atoms with Crippen LogP contribution < -0.4 is 5.32 Å². The fourth-order valence-corrected chi connectivity index (χ4v) is 1.99. The van der Waals surface area contributed by atoms with Crippen LogP contribution >= 0.6 is 0 Å². The van der Waals surface area contributed by atoms with Crippen molar-refractivity contribution in [1.82, 2.24) is 4.98 Å². The lowest BCUT2D eigenvalue weighted by molar-refractivity contribution is -0.383. The maximum absolute atomic E-state index is 11.0. The molecule has 1 unspecified atom stereocenters. The van der Waals surface area contributed by atoms with E-state index in [-0.39, 0.29) is 18.3 Å². The number of anilines is 1. The van der Waals surface area contributed by atoms with E-state index in [1.54, 1.807) is 25.3 Å². The number of nitrogens with zero attached hydrogens (tertiary/aromatic N) is 2. The van der Waals surface area contributed by atoms with Crippen LogP contribution in [0.2, 0.25) is 0 Å². The summed E-state index contributed by atoms with van der Waals surface area (Å²) in [6.45, 7) is 0.224. The van der Waals surface area contributed by atoms with Crippen LogP contribution in [0, 0.1) is 10.1 Å². The second kappa shape index (κ2) is 6.27. The first-order valence-electron chi connectivity index (χ1n) is 6.05. The van der Waals surface area contributed by atoms with Crippen LogP contribution in [0.1, 0.15) is 0 Å². The predicted molar refractivity (Wildman–Crippen MR) is 74.8 cm³/mol. The van der Waals surface area contributed by atoms with E-state index >= 15 is 0 Å². The molecule has 0 amide bonds. The number of ether oxygens (including phenoxy) is 1. The van der Waals surface area contributed by atoms with Gasteiger partial charge in [-0.15, -0.1) is 0 Å². The van der Waals surface area contributed by atoms with E-state index in [0.717, 1.165) is 0 Å². The third-order valence-corrected chi connectivity index (χ3v) is 2.89. The number of methoxy groups -OCH3 is 1. The summed E-state index contributed by atoms with van der Waals surface area (Å²) in [6.07, 6.45) is 1.50. The van der Waals surface area contributed by atoms with Crippen LogP contribution in [-0.4, -0.2) is 41.4 Å². The quantitative estimate of drug-likeness (QED) is 0.614. The van der Waals surface area contributed by atoms with E-state index in [0.29, 0.717) is 23.2 Å². The highest BCUT2D eigenvalue weighted by Gasteiger charge is 2.15. The third kappa shape index (κ3) is 2.84. The number of rotatable bonds is 6. The zero-order valence-corrected chi connectivity index (χ0v) is 10.9. The molecule has 1 aromatic heterocycles. The molecule has 1 heterocycles. The zero-order valence-electron chi connectivity index (χ0n) is 10.9. The number of benzene rings is 1. The first-order chi connectivity index (χ1) is 9.67. The molecule has 0 aliphatic heterocycles. The second-order valence-corrected chi connectivity index (χ2v) is 4.27. The highest BCUT2D eigenvalue weighted by atomic mass is 16.6. The summed E-state index contributed by atoms with van der Waals surface area (Å²) in [5.41, 5.74) is 0.949. The highest BCUT2D eigenvalue weighted by molar-refractivity contribution is 5.96. The number of non-ortho nitro benzene ring substituents is 1. The number of fused-ring (bicyclic) bond motifs is 1. The summed E-state index contributed by atoms with van der Waals surface area (Å²) < 4.78 is 4.99. The molecule has 7 heteroatoms. The minimum absolute atomic E-state index is 0.0431. The molecule has 0 bridgehead atoms. The smallest absolute Gasteiger partial charge is 0.295 e. The molecular weight excluding hydrogens is 262 g/mol. The maximum Gasteiger partial charge on any atom is 0.295 e. The Morgan fingerprint density at radius 1 is 1.50 bits per heavy atom. The van der Waals surface area contributed by atoms with Crippen LogP contribution in [0.5, 0.6) is 0 Å². The van der Waals surface area contributed by atoms with Gasteiger partial charge in [0.2, 0.25) is 0 Å². The van der Waals surface area contributed by atoms with Gasteiger partial charge in [0.25, 0.3) is 5.69 Å². The molecule has 0 saturated carbocycles. The van der Waals surface area contributed by atoms with Gasteiger partial charge in [0.15, 0.2) is 0 Å². The zero-order chi connectivity index (χ0) is 14.5. The largest absolute Gasteiger partial charge is 0.394 e. The van der Waals surface area contributed by atoms with Crippen molar-refractivity contribution in [3.05, 3.63) is 40.6 Å². The lowest BCUT2D eigenvalue weighted by Gasteiger charge is -2.17. The molecule has 2 rings (SSSR count). The van der Waals surface area contributed by atoms with Gasteiger partial charge < -0.3 is 15.2 Å². The van der Waals surface area contributed by atoms with Gasteiger partial charge in [-0.25, -0.2) is 4.98 Å². The highest BCUT2D eigenvalue weighted by Crippen LogP contribution is 2.28. The number of nitro groups is 1. The minimum atomic E-state index is -0.461. The van der Waals surface area contributed by atoms with Gasteiger partial charge in [-0.1, -0.05) is 12.1 Å². The number of aliphatic hydroxyl groups is 1. The van der Waals surface area contributed by atoms with E-state index in [4.69, 9.17) is 4.74 Å². The van der Waals surface area contributed by atoms with E-state index in [2.05, 4.69) is 10.3 Å². The maximum atomic E-state index is 11.0. The molecule has 0 aliphatic rings. The average Bonchev–Trinajstić information content (AvgIpc) is 2.46. The van der Waals surface area contributed by atoms with Gasteiger partial charge in [0.05, 0.1) is 24.2 Å². The molecule has 0 aliphatic carbocycles. The molecule has 7 nitrogen and oxygen atoms in total. The van der Waals surface area contributed by atoms with Crippen molar-refractivity contribution in [2.45, 2.75) is 6.04 Å². The van der Waals surface area contributed by atoms with E-state index < -0.39 is 4.92 Å². The Labute approximate surface area is 115 Å². The number of nitro benzene ring substituents is 1. The molecule has 2 aromatic rings. The number of nitrogens with one attached hydrogen (secondary N) is 1. The van der Waals surface area contributed by atoms with Gasteiger partial charge in [-0.05, 0) is 6.07 Å². The lowest BCUT2D eigenvalue weighted by atomic mass is 10.1. The fourth-order valence-electron chi connectivity index (χ4n) is 1.99. The number of hydrogen-bond donors (Lipinski definition) is 2. The monoisotopic (exact) mass is 277 g/mol. The summed E-state index contributed by atoms with van der Waals surface area (Å²) in [6, 6.07) is 6.20. The topological polar surface area (TPSA) is 97.5 Å². The van der Waals surface area contributed by atoms with Crippen molar-refractivity contribution in [1.29, 1.82) is 0 Å². The van der Waals surface area contributed by atoms with Crippen LogP contribution in [0.4, 0.5) is 11.4 Å². The van der Waals surface area contributed by atoms with E-state index in [1.807, 2.05) is 0 Å². The van der Waals surface area contributed by atoms with Crippen LogP contribution in [0.3, 0.4) is 0 Å². The van der Waals surface area contributed by atoms with Crippen LogP contribution in [0.25, 0.3) is 10.9 Å². The number of hydrogen-bond acceptors (Lipinski definition) is 6. The van der Waals surface area contributed by atoms with Gasteiger partial charge in [-0.3, -0.25) is 10.1 Å². The Kier molecular flexibility index (Phi) is 4.44. The molecule has 1 aromatic carbocycles. The van der Waals surface area contributed by atoms with E-state index in [1.165, 1.54) is 12.3 Å². The molecule has 1 atom stereocenters. The molecular formula is C13H15N3O4. The molecule has 2 N–H and O–H groups in total. The number of aromatic nitrogens is 1. The Morgan fingerprint density at radius 3 is 2.95 bits per heavy atom. The van der Waals surface area contributed by atoms with Gasteiger partial charge in [0, 0.05) is 30.4 Å². The molecule has 106 valence electrons. The molecule has 0 radical (unpaired) electrons. The molecule has 0 spiro atoms. The summed E-state index contributed by atoms with van der Waals surface area (Å²) in [4.78, 5) is 14.6. The Bertz CT molecular complexity index is 618. The SMILES string of the molecule is COCC(CO)Nc1ccnc2c([N+](=O)[O-])cccc12. The van der Waals surface area contributed by atoms with E-state index in [9.17, 15) is 15.2 Å². The normalized spacial score (nSPS) is 12.3. The molecule has 0 saturated heterocycles. The van der Waals surface area contributed by atoms with Crippen molar-refractivity contribution in [3.8, 4) is 0 Å². The minimum Gasteiger partial charge on any atom is -0.394 e. The second-order valence-electron chi connectivity index (χ2n) is 4.27. The van der Waals surface area contributed by atoms with Gasteiger partial charge >= 0.3 is 0 Å². The van der Waals surface area contributed by atoms with Crippen molar-refractivity contribution >= 4 is 22.3 Å². The number of aliphatic hydroxyl groups excluding tert-OH is 1.